The van der Waals surface area contributed by atoms with Gasteiger partial charge in [0.05, 0.1) is 19.8 Å². The summed E-state index contributed by atoms with van der Waals surface area (Å²) in [6.45, 7) is 3.33. The first-order valence-electron chi connectivity index (χ1n) is 9.07. The van der Waals surface area contributed by atoms with E-state index in [1.807, 2.05) is 60.4 Å². The molecule has 1 aliphatic rings. The van der Waals surface area contributed by atoms with Crippen molar-refractivity contribution < 1.29 is 14.3 Å². The molecule has 0 N–H and O–H groups in total. The van der Waals surface area contributed by atoms with Crippen LogP contribution in [0.1, 0.15) is 36.9 Å². The van der Waals surface area contributed by atoms with Crippen molar-refractivity contribution in [3.05, 3.63) is 65.7 Å². The van der Waals surface area contributed by atoms with E-state index in [-0.39, 0.29) is 11.9 Å². The molecule has 1 atom stereocenters. The zero-order chi connectivity index (χ0) is 18.4. The summed E-state index contributed by atoms with van der Waals surface area (Å²) >= 11 is 0. The molecule has 2 aromatic rings. The van der Waals surface area contributed by atoms with Gasteiger partial charge in [0.15, 0.2) is 0 Å². The highest BCUT2D eigenvalue weighted by atomic mass is 16.5. The SMILES string of the molecule is CCOc1ccccc1/C=C/C(=O)N1CCCC1c1cccc(OC)c1. The van der Waals surface area contributed by atoms with Crippen LogP contribution in [-0.4, -0.2) is 31.1 Å². The third-order valence-corrected chi connectivity index (χ3v) is 4.64. The van der Waals surface area contributed by atoms with Crippen molar-refractivity contribution in [2.45, 2.75) is 25.8 Å². The van der Waals surface area contributed by atoms with Crippen molar-refractivity contribution >= 4 is 12.0 Å². The summed E-state index contributed by atoms with van der Waals surface area (Å²) < 4.78 is 10.9. The van der Waals surface area contributed by atoms with Crippen molar-refractivity contribution in [1.29, 1.82) is 0 Å². The Bertz CT molecular complexity index is 784. The van der Waals surface area contributed by atoms with Crippen LogP contribution in [0.25, 0.3) is 6.08 Å². The van der Waals surface area contributed by atoms with Crippen molar-refractivity contribution in [1.82, 2.24) is 4.90 Å². The molecule has 4 heteroatoms. The summed E-state index contributed by atoms with van der Waals surface area (Å²) in [7, 11) is 1.66. The van der Waals surface area contributed by atoms with E-state index < -0.39 is 0 Å². The quantitative estimate of drug-likeness (QED) is 0.721. The molecule has 26 heavy (non-hydrogen) atoms. The second kappa shape index (κ2) is 8.56. The molecule has 4 nitrogen and oxygen atoms in total. The average molecular weight is 351 g/mol. The van der Waals surface area contributed by atoms with Gasteiger partial charge in [0.25, 0.3) is 0 Å². The molecule has 2 aromatic carbocycles. The van der Waals surface area contributed by atoms with Gasteiger partial charge in [-0.1, -0.05) is 30.3 Å². The number of para-hydroxylation sites is 1. The molecule has 1 saturated heterocycles. The second-order valence-electron chi connectivity index (χ2n) is 6.27. The number of amides is 1. The number of likely N-dealkylation sites (tertiary alicyclic amines) is 1. The van der Waals surface area contributed by atoms with Gasteiger partial charge >= 0.3 is 0 Å². The van der Waals surface area contributed by atoms with Crippen molar-refractivity contribution in [2.75, 3.05) is 20.3 Å². The lowest BCUT2D eigenvalue weighted by Crippen LogP contribution is -2.28. The highest BCUT2D eigenvalue weighted by molar-refractivity contribution is 5.92. The van der Waals surface area contributed by atoms with Crippen molar-refractivity contribution in [2.24, 2.45) is 0 Å². The molecular weight excluding hydrogens is 326 g/mol. The maximum Gasteiger partial charge on any atom is 0.247 e. The molecule has 0 radical (unpaired) electrons. The number of methoxy groups -OCH3 is 1. The molecule has 1 fully saturated rings. The van der Waals surface area contributed by atoms with E-state index in [4.69, 9.17) is 9.47 Å². The largest absolute Gasteiger partial charge is 0.497 e. The summed E-state index contributed by atoms with van der Waals surface area (Å²) in [6.07, 6.45) is 5.48. The maximum absolute atomic E-state index is 12.8. The molecule has 1 aliphatic heterocycles. The minimum Gasteiger partial charge on any atom is -0.497 e. The zero-order valence-electron chi connectivity index (χ0n) is 15.4. The lowest BCUT2D eigenvalue weighted by Gasteiger charge is -2.24. The Morgan fingerprint density at radius 3 is 2.88 bits per heavy atom. The zero-order valence-corrected chi connectivity index (χ0v) is 15.4. The lowest BCUT2D eigenvalue weighted by atomic mass is 10.0. The van der Waals surface area contributed by atoms with Gasteiger partial charge in [0, 0.05) is 18.2 Å². The molecule has 136 valence electrons. The molecule has 0 saturated carbocycles. The molecule has 0 aromatic heterocycles. The summed E-state index contributed by atoms with van der Waals surface area (Å²) in [5, 5.41) is 0. The Labute approximate surface area is 155 Å². The first kappa shape index (κ1) is 18.1. The first-order chi connectivity index (χ1) is 12.7. The molecule has 1 heterocycles. The van der Waals surface area contributed by atoms with E-state index in [0.29, 0.717) is 6.61 Å². The Morgan fingerprint density at radius 2 is 2.08 bits per heavy atom. The summed E-state index contributed by atoms with van der Waals surface area (Å²) in [5.41, 5.74) is 2.04. The number of hydrogen-bond acceptors (Lipinski definition) is 3. The van der Waals surface area contributed by atoms with E-state index in [1.165, 1.54) is 0 Å². The lowest BCUT2D eigenvalue weighted by molar-refractivity contribution is -0.126. The number of carbonyl (C=O) groups excluding carboxylic acids is 1. The van der Waals surface area contributed by atoms with Gasteiger partial charge in [0.1, 0.15) is 11.5 Å². The van der Waals surface area contributed by atoms with E-state index in [0.717, 1.165) is 42.0 Å². The van der Waals surface area contributed by atoms with Gasteiger partial charge in [-0.05, 0) is 49.6 Å². The van der Waals surface area contributed by atoms with Gasteiger partial charge in [-0.3, -0.25) is 4.79 Å². The number of benzene rings is 2. The van der Waals surface area contributed by atoms with Crippen LogP contribution in [0.4, 0.5) is 0 Å². The molecule has 3 rings (SSSR count). The van der Waals surface area contributed by atoms with E-state index in [2.05, 4.69) is 6.07 Å². The number of ether oxygens (including phenoxy) is 2. The molecule has 0 bridgehead atoms. The Kier molecular flexibility index (Phi) is 5.95. The fourth-order valence-electron chi connectivity index (χ4n) is 3.39. The van der Waals surface area contributed by atoms with Crippen LogP contribution in [0, 0.1) is 0 Å². The van der Waals surface area contributed by atoms with Gasteiger partial charge in [-0.2, -0.15) is 0 Å². The summed E-state index contributed by atoms with van der Waals surface area (Å²) in [4.78, 5) is 14.7. The van der Waals surface area contributed by atoms with Gasteiger partial charge < -0.3 is 14.4 Å². The predicted molar refractivity (Wildman–Crippen MR) is 103 cm³/mol. The van der Waals surface area contributed by atoms with Crippen LogP contribution in [-0.2, 0) is 4.79 Å². The number of rotatable bonds is 6. The predicted octanol–water partition coefficient (Wildman–Crippen LogP) is 4.47. The van der Waals surface area contributed by atoms with Crippen LogP contribution in [0.3, 0.4) is 0 Å². The van der Waals surface area contributed by atoms with Crippen LogP contribution < -0.4 is 9.47 Å². The van der Waals surface area contributed by atoms with Gasteiger partial charge in [-0.25, -0.2) is 0 Å². The Morgan fingerprint density at radius 1 is 1.23 bits per heavy atom. The fourth-order valence-corrected chi connectivity index (χ4v) is 3.39. The average Bonchev–Trinajstić information content (AvgIpc) is 3.17. The molecule has 1 unspecified atom stereocenters. The monoisotopic (exact) mass is 351 g/mol. The normalized spacial score (nSPS) is 16.8. The van der Waals surface area contributed by atoms with E-state index in [9.17, 15) is 4.79 Å². The summed E-state index contributed by atoms with van der Waals surface area (Å²) in [6, 6.07) is 15.8. The van der Waals surface area contributed by atoms with Gasteiger partial charge in [-0.15, -0.1) is 0 Å². The van der Waals surface area contributed by atoms with Crippen molar-refractivity contribution in [3.8, 4) is 11.5 Å². The standard InChI is InChI=1S/C22H25NO3/c1-3-26-21-12-5-4-8-17(21)13-14-22(24)23-15-7-11-20(23)18-9-6-10-19(16-18)25-2/h4-6,8-10,12-14,16,20H,3,7,11,15H2,1-2H3/b14-13+. The van der Waals surface area contributed by atoms with E-state index >= 15 is 0 Å². The number of carbonyl (C=O) groups is 1. The minimum absolute atomic E-state index is 0.0293. The highest BCUT2D eigenvalue weighted by Gasteiger charge is 2.28. The number of nitrogens with zero attached hydrogens (tertiary/aromatic N) is 1. The van der Waals surface area contributed by atoms with Crippen LogP contribution in [0.2, 0.25) is 0 Å². The van der Waals surface area contributed by atoms with Gasteiger partial charge in [0.2, 0.25) is 5.91 Å². The topological polar surface area (TPSA) is 38.8 Å². The molecule has 1 amide bonds. The molecule has 0 spiro atoms. The number of hydrogen-bond donors (Lipinski definition) is 0. The van der Waals surface area contributed by atoms with Crippen LogP contribution in [0.15, 0.2) is 54.6 Å². The molecule has 0 aliphatic carbocycles. The third kappa shape index (κ3) is 4.07. The second-order valence-corrected chi connectivity index (χ2v) is 6.27. The van der Waals surface area contributed by atoms with Crippen LogP contribution in [0.5, 0.6) is 11.5 Å². The maximum atomic E-state index is 12.8. The van der Waals surface area contributed by atoms with Crippen molar-refractivity contribution in [3.63, 3.8) is 0 Å². The molecular formula is C22H25NO3. The Hall–Kier alpha value is -2.75. The Balaban J connectivity index is 1.76. The highest BCUT2D eigenvalue weighted by Crippen LogP contribution is 2.33. The first-order valence-corrected chi connectivity index (χ1v) is 9.07. The van der Waals surface area contributed by atoms with Crippen LogP contribution >= 0.6 is 0 Å². The minimum atomic E-state index is 0.0293. The fraction of sp³-hybridized carbons (Fsp3) is 0.318. The summed E-state index contributed by atoms with van der Waals surface area (Å²) in [5.74, 6) is 1.65. The third-order valence-electron chi connectivity index (χ3n) is 4.64. The van der Waals surface area contributed by atoms with E-state index in [1.54, 1.807) is 13.2 Å². The smallest absolute Gasteiger partial charge is 0.247 e.